The number of hydrogen-bond donors (Lipinski definition) is 1. The molecule has 2 aromatic heterocycles. The van der Waals surface area contributed by atoms with E-state index in [1.54, 1.807) is 10.7 Å². The average molecular weight is 286 g/mol. The first-order valence-corrected chi connectivity index (χ1v) is 6.45. The number of benzene rings is 1. The Morgan fingerprint density at radius 1 is 1.05 bits per heavy atom. The van der Waals surface area contributed by atoms with Crippen molar-refractivity contribution in [2.75, 3.05) is 5.32 Å². The van der Waals surface area contributed by atoms with Crippen LogP contribution in [-0.2, 0) is 7.05 Å². The predicted octanol–water partition coefficient (Wildman–Crippen LogP) is 3.27. The van der Waals surface area contributed by atoms with Crippen LogP contribution in [0.2, 0.25) is 5.15 Å². The van der Waals surface area contributed by atoms with E-state index in [1.807, 2.05) is 49.6 Å². The van der Waals surface area contributed by atoms with Gasteiger partial charge in [0.05, 0.1) is 0 Å². The van der Waals surface area contributed by atoms with E-state index in [1.165, 1.54) is 0 Å². The van der Waals surface area contributed by atoms with Crippen molar-refractivity contribution in [2.45, 2.75) is 0 Å². The lowest BCUT2D eigenvalue weighted by atomic mass is 10.2. The molecule has 0 spiro atoms. The second-order valence-corrected chi connectivity index (χ2v) is 4.65. The molecule has 0 saturated carbocycles. The van der Waals surface area contributed by atoms with E-state index in [9.17, 15) is 0 Å². The van der Waals surface area contributed by atoms with Crippen molar-refractivity contribution in [1.29, 1.82) is 0 Å². The molecule has 0 atom stereocenters. The largest absolute Gasteiger partial charge is 0.323 e. The molecule has 0 fully saturated rings. The first kappa shape index (κ1) is 12.6. The Bertz CT molecular complexity index is 723. The summed E-state index contributed by atoms with van der Waals surface area (Å²) in [4.78, 5) is 8.69. The van der Waals surface area contributed by atoms with Gasteiger partial charge in [-0.25, -0.2) is 9.97 Å². The average Bonchev–Trinajstić information content (AvgIpc) is 2.84. The van der Waals surface area contributed by atoms with Crippen LogP contribution in [0.25, 0.3) is 11.4 Å². The van der Waals surface area contributed by atoms with Crippen molar-refractivity contribution in [3.8, 4) is 11.4 Å². The lowest BCUT2D eigenvalue weighted by molar-refractivity contribution is 0.771. The maximum Gasteiger partial charge on any atom is 0.163 e. The van der Waals surface area contributed by atoms with Crippen molar-refractivity contribution < 1.29 is 0 Å². The molecule has 3 rings (SSSR count). The van der Waals surface area contributed by atoms with Crippen molar-refractivity contribution in [3.63, 3.8) is 0 Å². The first-order valence-electron chi connectivity index (χ1n) is 6.07. The van der Waals surface area contributed by atoms with Crippen LogP contribution in [0.1, 0.15) is 0 Å². The smallest absolute Gasteiger partial charge is 0.163 e. The fourth-order valence-corrected chi connectivity index (χ4v) is 1.99. The summed E-state index contributed by atoms with van der Waals surface area (Å²) in [6.07, 6.45) is 1.85. The monoisotopic (exact) mass is 285 g/mol. The molecule has 0 aliphatic carbocycles. The zero-order valence-electron chi connectivity index (χ0n) is 10.8. The lowest BCUT2D eigenvalue weighted by Gasteiger charge is -2.06. The zero-order chi connectivity index (χ0) is 13.9. The van der Waals surface area contributed by atoms with Gasteiger partial charge in [-0.2, -0.15) is 5.10 Å². The van der Waals surface area contributed by atoms with Crippen LogP contribution >= 0.6 is 11.6 Å². The van der Waals surface area contributed by atoms with Gasteiger partial charge in [0.1, 0.15) is 11.0 Å². The third-order valence-electron chi connectivity index (χ3n) is 2.70. The van der Waals surface area contributed by atoms with E-state index in [-0.39, 0.29) is 0 Å². The van der Waals surface area contributed by atoms with Gasteiger partial charge in [-0.3, -0.25) is 4.68 Å². The number of anilines is 2. The maximum absolute atomic E-state index is 6.05. The number of rotatable bonds is 3. The highest BCUT2D eigenvalue weighted by atomic mass is 35.5. The van der Waals surface area contributed by atoms with Crippen LogP contribution in [0, 0.1) is 0 Å². The number of aromatic nitrogens is 4. The molecule has 0 unspecified atom stereocenters. The van der Waals surface area contributed by atoms with Gasteiger partial charge in [0.15, 0.2) is 11.6 Å². The summed E-state index contributed by atoms with van der Waals surface area (Å²) in [5.74, 6) is 1.90. The van der Waals surface area contributed by atoms with E-state index < -0.39 is 0 Å². The standard InChI is InChI=1S/C14H12ClN5/c1-20-8-7-12(19-20)17-13-9-11(15)16-14(18-13)10-5-3-2-4-6-10/h2-9H,1H3,(H,16,17,18,19). The Labute approximate surface area is 121 Å². The summed E-state index contributed by atoms with van der Waals surface area (Å²) in [5, 5.41) is 7.73. The Morgan fingerprint density at radius 3 is 2.55 bits per heavy atom. The molecule has 0 saturated heterocycles. The molecule has 20 heavy (non-hydrogen) atoms. The van der Waals surface area contributed by atoms with Gasteiger partial charge in [-0.1, -0.05) is 41.9 Å². The summed E-state index contributed by atoms with van der Waals surface area (Å²) in [6.45, 7) is 0. The van der Waals surface area contributed by atoms with Crippen LogP contribution in [0.15, 0.2) is 48.7 Å². The Morgan fingerprint density at radius 2 is 1.85 bits per heavy atom. The van der Waals surface area contributed by atoms with Crippen LogP contribution in [0.5, 0.6) is 0 Å². The van der Waals surface area contributed by atoms with Crippen molar-refractivity contribution in [3.05, 3.63) is 53.8 Å². The summed E-state index contributed by atoms with van der Waals surface area (Å²) in [7, 11) is 1.85. The Balaban J connectivity index is 1.94. The van der Waals surface area contributed by atoms with E-state index in [4.69, 9.17) is 11.6 Å². The third kappa shape index (κ3) is 2.78. The van der Waals surface area contributed by atoms with E-state index in [2.05, 4.69) is 20.4 Å². The number of aryl methyl sites for hydroxylation is 1. The molecular formula is C14H12ClN5. The third-order valence-corrected chi connectivity index (χ3v) is 2.89. The molecular weight excluding hydrogens is 274 g/mol. The Kier molecular flexibility index (Phi) is 3.35. The maximum atomic E-state index is 6.05. The fourth-order valence-electron chi connectivity index (χ4n) is 1.81. The van der Waals surface area contributed by atoms with Crippen LogP contribution in [-0.4, -0.2) is 19.7 Å². The van der Waals surface area contributed by atoms with Crippen molar-refractivity contribution in [1.82, 2.24) is 19.7 Å². The highest BCUT2D eigenvalue weighted by molar-refractivity contribution is 6.29. The predicted molar refractivity (Wildman–Crippen MR) is 79.0 cm³/mol. The second-order valence-electron chi connectivity index (χ2n) is 4.27. The first-order chi connectivity index (χ1) is 9.70. The Hall–Kier alpha value is -2.40. The van der Waals surface area contributed by atoms with Crippen molar-refractivity contribution in [2.24, 2.45) is 7.05 Å². The summed E-state index contributed by atoms with van der Waals surface area (Å²) < 4.78 is 1.71. The van der Waals surface area contributed by atoms with Crippen LogP contribution in [0.3, 0.4) is 0 Å². The molecule has 0 radical (unpaired) electrons. The van der Waals surface area contributed by atoms with Crippen molar-refractivity contribution >= 4 is 23.2 Å². The van der Waals surface area contributed by atoms with E-state index >= 15 is 0 Å². The van der Waals surface area contributed by atoms with Gasteiger partial charge in [-0.15, -0.1) is 0 Å². The molecule has 100 valence electrons. The van der Waals surface area contributed by atoms with Crippen LogP contribution < -0.4 is 5.32 Å². The summed E-state index contributed by atoms with van der Waals surface area (Å²) in [5.41, 5.74) is 0.916. The molecule has 5 nitrogen and oxygen atoms in total. The number of hydrogen-bond acceptors (Lipinski definition) is 4. The van der Waals surface area contributed by atoms with Gasteiger partial charge in [-0.05, 0) is 0 Å². The lowest BCUT2D eigenvalue weighted by Crippen LogP contribution is -1.99. The molecule has 0 amide bonds. The molecule has 2 heterocycles. The van der Waals surface area contributed by atoms with Gasteiger partial charge in [0, 0.05) is 30.9 Å². The quantitative estimate of drug-likeness (QED) is 0.750. The summed E-state index contributed by atoms with van der Waals surface area (Å²) in [6, 6.07) is 13.2. The number of nitrogens with zero attached hydrogens (tertiary/aromatic N) is 4. The molecule has 1 N–H and O–H groups in total. The molecule has 6 heteroatoms. The van der Waals surface area contributed by atoms with Gasteiger partial charge in [0.25, 0.3) is 0 Å². The molecule has 0 aliphatic rings. The second kappa shape index (κ2) is 5.30. The SMILES string of the molecule is Cn1ccc(Nc2cc(Cl)nc(-c3ccccc3)n2)n1. The van der Waals surface area contributed by atoms with Gasteiger partial charge < -0.3 is 5.32 Å². The highest BCUT2D eigenvalue weighted by Gasteiger charge is 2.06. The van der Waals surface area contributed by atoms with Gasteiger partial charge >= 0.3 is 0 Å². The van der Waals surface area contributed by atoms with E-state index in [0.717, 1.165) is 5.56 Å². The molecule has 3 aromatic rings. The molecule has 0 bridgehead atoms. The molecule has 0 aliphatic heterocycles. The highest BCUT2D eigenvalue weighted by Crippen LogP contribution is 2.21. The minimum atomic E-state index is 0.386. The normalized spacial score (nSPS) is 10.5. The van der Waals surface area contributed by atoms with E-state index in [0.29, 0.717) is 22.6 Å². The zero-order valence-corrected chi connectivity index (χ0v) is 11.5. The number of halogens is 1. The minimum absolute atomic E-state index is 0.386. The topological polar surface area (TPSA) is 55.6 Å². The number of nitrogens with one attached hydrogen (secondary N) is 1. The summed E-state index contributed by atoms with van der Waals surface area (Å²) >= 11 is 6.05. The fraction of sp³-hybridized carbons (Fsp3) is 0.0714. The van der Waals surface area contributed by atoms with Gasteiger partial charge in [0.2, 0.25) is 0 Å². The minimum Gasteiger partial charge on any atom is -0.323 e. The van der Waals surface area contributed by atoms with Crippen LogP contribution in [0.4, 0.5) is 11.6 Å². The molecule has 1 aromatic carbocycles.